The van der Waals surface area contributed by atoms with Gasteiger partial charge in [-0.1, -0.05) is 13.2 Å². The molecule has 0 unspecified atom stereocenters. The zero-order chi connectivity index (χ0) is 20.0. The molecule has 2 rings (SSSR count). The third-order valence-electron chi connectivity index (χ3n) is 3.12. The van der Waals surface area contributed by atoms with Crippen LogP contribution in [0.1, 0.15) is 17.3 Å². The molecule has 0 N–H and O–H groups in total. The van der Waals surface area contributed by atoms with Crippen molar-refractivity contribution in [3.8, 4) is 17.2 Å². The summed E-state index contributed by atoms with van der Waals surface area (Å²) in [5.41, 5.74) is 0.484. The standard InChI is InChI=1S/C20H15FO6/c1-12(2)18(22)25-15-6-4-14(5-7-15)20(24)27-17-10-8-16(9-11-17)26-19(23)13(3)21/h4-11H,1,3H2,2H3. The molecule has 0 aliphatic carbocycles. The second-order valence-electron chi connectivity index (χ2n) is 5.35. The summed E-state index contributed by atoms with van der Waals surface area (Å²) in [4.78, 5) is 34.6. The average molecular weight is 370 g/mol. The molecule has 0 heterocycles. The van der Waals surface area contributed by atoms with Crippen LogP contribution in [0.3, 0.4) is 0 Å². The zero-order valence-corrected chi connectivity index (χ0v) is 14.4. The van der Waals surface area contributed by atoms with Crippen LogP contribution in [0, 0.1) is 0 Å². The molecule has 0 aliphatic rings. The Kier molecular flexibility index (Phi) is 6.22. The molecule has 0 aromatic heterocycles. The fourth-order valence-electron chi connectivity index (χ4n) is 1.76. The van der Waals surface area contributed by atoms with E-state index >= 15 is 0 Å². The van der Waals surface area contributed by atoms with Crippen LogP contribution in [0.15, 0.2) is 73.1 Å². The Morgan fingerprint density at radius 2 is 1.15 bits per heavy atom. The molecular formula is C20H15FO6. The van der Waals surface area contributed by atoms with Crippen LogP contribution in [0.25, 0.3) is 0 Å². The topological polar surface area (TPSA) is 78.9 Å². The van der Waals surface area contributed by atoms with Crippen LogP contribution in [-0.2, 0) is 9.59 Å². The van der Waals surface area contributed by atoms with Gasteiger partial charge in [-0.3, -0.25) is 0 Å². The van der Waals surface area contributed by atoms with Gasteiger partial charge in [-0.15, -0.1) is 0 Å². The molecule has 0 radical (unpaired) electrons. The van der Waals surface area contributed by atoms with Gasteiger partial charge in [0.2, 0.25) is 5.83 Å². The first-order chi connectivity index (χ1) is 12.8. The van der Waals surface area contributed by atoms with E-state index in [9.17, 15) is 18.8 Å². The summed E-state index contributed by atoms with van der Waals surface area (Å²) >= 11 is 0. The number of esters is 3. The Labute approximate surface area is 154 Å². The van der Waals surface area contributed by atoms with Crippen LogP contribution in [-0.4, -0.2) is 17.9 Å². The molecular weight excluding hydrogens is 355 g/mol. The van der Waals surface area contributed by atoms with Crippen molar-refractivity contribution < 1.29 is 33.0 Å². The molecule has 27 heavy (non-hydrogen) atoms. The molecule has 2 aromatic rings. The molecule has 0 atom stereocenters. The number of rotatable bonds is 6. The maximum absolute atomic E-state index is 12.6. The van der Waals surface area contributed by atoms with Crippen molar-refractivity contribution in [2.24, 2.45) is 0 Å². The van der Waals surface area contributed by atoms with Crippen LogP contribution >= 0.6 is 0 Å². The van der Waals surface area contributed by atoms with Gasteiger partial charge in [0, 0.05) is 5.57 Å². The summed E-state index contributed by atoms with van der Waals surface area (Å²) in [6.45, 7) is 7.83. The number of hydrogen-bond donors (Lipinski definition) is 0. The van der Waals surface area contributed by atoms with Gasteiger partial charge < -0.3 is 14.2 Å². The molecule has 0 spiro atoms. The molecule has 7 heteroatoms. The lowest BCUT2D eigenvalue weighted by molar-refractivity contribution is -0.132. The van der Waals surface area contributed by atoms with Crippen molar-refractivity contribution in [1.82, 2.24) is 0 Å². The van der Waals surface area contributed by atoms with E-state index in [0.29, 0.717) is 0 Å². The molecule has 0 amide bonds. The fourth-order valence-corrected chi connectivity index (χ4v) is 1.76. The minimum absolute atomic E-state index is 0.0716. The number of carbonyl (C=O) groups excluding carboxylic acids is 3. The Morgan fingerprint density at radius 1 is 0.741 bits per heavy atom. The van der Waals surface area contributed by atoms with Gasteiger partial charge in [-0.25, -0.2) is 14.4 Å². The Hall–Kier alpha value is -3.74. The SMILES string of the molecule is C=C(C)C(=O)Oc1ccc(C(=O)Oc2ccc(OC(=O)C(=C)F)cc2)cc1. The summed E-state index contributed by atoms with van der Waals surface area (Å²) in [6.07, 6.45) is 0. The highest BCUT2D eigenvalue weighted by Gasteiger charge is 2.12. The maximum atomic E-state index is 12.6. The summed E-state index contributed by atoms with van der Waals surface area (Å²) in [6, 6.07) is 11.2. The van der Waals surface area contributed by atoms with E-state index in [1.165, 1.54) is 55.5 Å². The van der Waals surface area contributed by atoms with Gasteiger partial charge in [0.25, 0.3) is 0 Å². The smallest absolute Gasteiger partial charge is 0.371 e. The lowest BCUT2D eigenvalue weighted by Crippen LogP contribution is -2.10. The quantitative estimate of drug-likeness (QED) is 0.437. The van der Waals surface area contributed by atoms with Crippen molar-refractivity contribution in [2.75, 3.05) is 0 Å². The van der Waals surface area contributed by atoms with Crippen molar-refractivity contribution in [3.05, 3.63) is 78.7 Å². The number of hydrogen-bond acceptors (Lipinski definition) is 6. The van der Waals surface area contributed by atoms with Crippen LogP contribution in [0.2, 0.25) is 0 Å². The Morgan fingerprint density at radius 3 is 1.59 bits per heavy atom. The third kappa shape index (κ3) is 5.64. The van der Waals surface area contributed by atoms with Gasteiger partial charge in [-0.05, 0) is 55.5 Å². The van der Waals surface area contributed by atoms with E-state index < -0.39 is 23.7 Å². The normalized spacial score (nSPS) is 9.85. The molecule has 6 nitrogen and oxygen atoms in total. The highest BCUT2D eigenvalue weighted by molar-refractivity contribution is 5.92. The number of halogens is 1. The van der Waals surface area contributed by atoms with E-state index in [0.717, 1.165) is 0 Å². The lowest BCUT2D eigenvalue weighted by Gasteiger charge is -2.07. The molecule has 138 valence electrons. The van der Waals surface area contributed by atoms with E-state index in [1.54, 1.807) is 0 Å². The monoisotopic (exact) mass is 370 g/mol. The molecule has 0 fully saturated rings. The first kappa shape index (κ1) is 19.6. The zero-order valence-electron chi connectivity index (χ0n) is 14.4. The number of benzene rings is 2. The minimum atomic E-state index is -1.22. The van der Waals surface area contributed by atoms with E-state index in [2.05, 4.69) is 17.9 Å². The van der Waals surface area contributed by atoms with E-state index in [-0.39, 0.29) is 28.4 Å². The van der Waals surface area contributed by atoms with Crippen LogP contribution < -0.4 is 14.2 Å². The Bertz CT molecular complexity index is 897. The first-order valence-corrected chi connectivity index (χ1v) is 7.63. The van der Waals surface area contributed by atoms with Gasteiger partial charge in [0.15, 0.2) is 0 Å². The van der Waals surface area contributed by atoms with Gasteiger partial charge in [-0.2, -0.15) is 4.39 Å². The maximum Gasteiger partial charge on any atom is 0.371 e. The minimum Gasteiger partial charge on any atom is -0.423 e. The summed E-state index contributed by atoms with van der Waals surface area (Å²) in [7, 11) is 0. The Balaban J connectivity index is 1.98. The summed E-state index contributed by atoms with van der Waals surface area (Å²) in [5, 5.41) is 0. The molecule has 0 bridgehead atoms. The van der Waals surface area contributed by atoms with E-state index in [1.807, 2.05) is 0 Å². The van der Waals surface area contributed by atoms with Crippen molar-refractivity contribution in [3.63, 3.8) is 0 Å². The van der Waals surface area contributed by atoms with E-state index in [4.69, 9.17) is 9.47 Å². The largest absolute Gasteiger partial charge is 0.423 e. The van der Waals surface area contributed by atoms with Gasteiger partial charge >= 0.3 is 17.9 Å². The lowest BCUT2D eigenvalue weighted by atomic mass is 10.2. The van der Waals surface area contributed by atoms with Crippen molar-refractivity contribution in [1.29, 1.82) is 0 Å². The third-order valence-corrected chi connectivity index (χ3v) is 3.12. The number of carbonyl (C=O) groups is 3. The predicted molar refractivity (Wildman–Crippen MR) is 94.2 cm³/mol. The first-order valence-electron chi connectivity index (χ1n) is 7.63. The second kappa shape index (κ2) is 8.57. The van der Waals surface area contributed by atoms with Gasteiger partial charge in [0.05, 0.1) is 5.56 Å². The van der Waals surface area contributed by atoms with Gasteiger partial charge in [0.1, 0.15) is 17.2 Å². The molecule has 0 saturated carbocycles. The highest BCUT2D eigenvalue weighted by atomic mass is 19.1. The number of ether oxygens (including phenoxy) is 3. The average Bonchev–Trinajstić information content (AvgIpc) is 2.63. The summed E-state index contributed by atoms with van der Waals surface area (Å²) < 4.78 is 27.5. The van der Waals surface area contributed by atoms with Crippen LogP contribution in [0.4, 0.5) is 4.39 Å². The molecule has 0 saturated heterocycles. The summed E-state index contributed by atoms with van der Waals surface area (Å²) in [5.74, 6) is -3.11. The van der Waals surface area contributed by atoms with Crippen molar-refractivity contribution in [2.45, 2.75) is 6.92 Å². The highest BCUT2D eigenvalue weighted by Crippen LogP contribution is 2.20. The molecule has 0 aliphatic heterocycles. The van der Waals surface area contributed by atoms with Crippen molar-refractivity contribution >= 4 is 17.9 Å². The molecule has 2 aromatic carbocycles. The second-order valence-corrected chi connectivity index (χ2v) is 5.35. The fraction of sp³-hybridized carbons (Fsp3) is 0.0500. The van der Waals surface area contributed by atoms with Crippen LogP contribution in [0.5, 0.6) is 17.2 Å². The predicted octanol–water partition coefficient (Wildman–Crippen LogP) is 3.78.